The molecule has 0 radical (unpaired) electrons. The molecule has 1 N–H and O–H groups in total. The third kappa shape index (κ3) is 2.83. The zero-order valence-electron chi connectivity index (χ0n) is 9.19. The Kier molecular flexibility index (Phi) is 3.44. The third-order valence-electron chi connectivity index (χ3n) is 2.08. The van der Waals surface area contributed by atoms with Crippen LogP contribution in [0.4, 0.5) is 0 Å². The van der Waals surface area contributed by atoms with Crippen molar-refractivity contribution in [3.05, 3.63) is 39.2 Å². The average Bonchev–Trinajstić information content (AvgIpc) is 2.26. The predicted molar refractivity (Wildman–Crippen MR) is 65.5 cm³/mol. The first-order valence-electron chi connectivity index (χ1n) is 4.80. The molecule has 88 valence electrons. The van der Waals surface area contributed by atoms with E-state index >= 15 is 0 Å². The van der Waals surface area contributed by atoms with Crippen molar-refractivity contribution >= 4 is 23.4 Å². The molecule has 0 atom stereocenters. The second-order valence-corrected chi connectivity index (χ2v) is 4.67. The second-order valence-electron chi connectivity index (χ2n) is 3.33. The number of halogens is 1. The fourth-order valence-corrected chi connectivity index (χ4v) is 2.16. The van der Waals surface area contributed by atoms with Crippen LogP contribution >= 0.6 is 23.4 Å². The molecule has 0 unspecified atom stereocenters. The summed E-state index contributed by atoms with van der Waals surface area (Å²) in [5.41, 5.74) is 1.37. The maximum absolute atomic E-state index is 11.1. The molecule has 0 spiro atoms. The Balaban J connectivity index is 2.36. The molecule has 17 heavy (non-hydrogen) atoms. The highest BCUT2D eigenvalue weighted by Crippen LogP contribution is 2.28. The molecule has 0 saturated carbocycles. The van der Waals surface area contributed by atoms with Gasteiger partial charge in [-0.25, -0.2) is 15.0 Å². The lowest BCUT2D eigenvalue weighted by molar-refractivity contribution is 0.916. The Hall–Kier alpha value is -1.40. The first-order chi connectivity index (χ1) is 8.06. The van der Waals surface area contributed by atoms with Gasteiger partial charge in [-0.3, -0.25) is 4.79 Å². The molecular weight excluding hydrogens is 260 g/mol. The molecule has 2 rings (SSSR count). The molecule has 7 heteroatoms. The summed E-state index contributed by atoms with van der Waals surface area (Å²) in [6.45, 7) is 3.69. The summed E-state index contributed by atoms with van der Waals surface area (Å²) < 4.78 is 0. The molecular formula is C10H9ClN4OS. The normalized spacial score (nSPS) is 10.5. The van der Waals surface area contributed by atoms with Gasteiger partial charge in [0.05, 0.1) is 11.4 Å². The summed E-state index contributed by atoms with van der Waals surface area (Å²) in [6.07, 6.45) is 1.43. The van der Waals surface area contributed by atoms with Crippen LogP contribution in [0, 0.1) is 13.8 Å². The van der Waals surface area contributed by atoms with Crippen molar-refractivity contribution in [3.63, 3.8) is 0 Å². The van der Waals surface area contributed by atoms with Gasteiger partial charge in [0, 0.05) is 12.3 Å². The van der Waals surface area contributed by atoms with Crippen LogP contribution < -0.4 is 5.56 Å². The number of nitrogens with one attached hydrogen (secondary N) is 1. The summed E-state index contributed by atoms with van der Waals surface area (Å²) in [4.78, 5) is 26.2. The van der Waals surface area contributed by atoms with Crippen molar-refractivity contribution in [1.82, 2.24) is 19.9 Å². The van der Waals surface area contributed by atoms with Gasteiger partial charge < -0.3 is 4.98 Å². The first kappa shape index (κ1) is 12.1. The van der Waals surface area contributed by atoms with Gasteiger partial charge in [-0.2, -0.15) is 0 Å². The SMILES string of the molecule is Cc1nc(Cl)c(Sc2nccc(=O)[nH]2)nc1C. The van der Waals surface area contributed by atoms with Crippen molar-refractivity contribution in [2.24, 2.45) is 0 Å². The van der Waals surface area contributed by atoms with E-state index in [1.54, 1.807) is 0 Å². The lowest BCUT2D eigenvalue weighted by Gasteiger charge is -2.04. The minimum absolute atomic E-state index is 0.213. The van der Waals surface area contributed by atoms with Crippen LogP contribution in [-0.2, 0) is 0 Å². The van der Waals surface area contributed by atoms with Gasteiger partial charge in [0.15, 0.2) is 10.3 Å². The number of aryl methyl sites for hydroxylation is 2. The zero-order valence-corrected chi connectivity index (χ0v) is 10.8. The van der Waals surface area contributed by atoms with Crippen LogP contribution in [0.3, 0.4) is 0 Å². The van der Waals surface area contributed by atoms with E-state index in [4.69, 9.17) is 11.6 Å². The molecule has 0 amide bonds. The van der Waals surface area contributed by atoms with Crippen molar-refractivity contribution in [1.29, 1.82) is 0 Å². The smallest absolute Gasteiger partial charge is 0.251 e. The molecule has 0 bridgehead atoms. The van der Waals surface area contributed by atoms with Crippen LogP contribution in [0.15, 0.2) is 27.2 Å². The molecule has 0 aliphatic heterocycles. The minimum Gasteiger partial charge on any atom is -0.301 e. The summed E-state index contributed by atoms with van der Waals surface area (Å²) in [5, 5.41) is 1.28. The molecule has 0 fully saturated rings. The van der Waals surface area contributed by atoms with Crippen molar-refractivity contribution < 1.29 is 0 Å². The number of hydrogen-bond acceptors (Lipinski definition) is 5. The average molecular weight is 269 g/mol. The van der Waals surface area contributed by atoms with Crippen LogP contribution in [0.5, 0.6) is 0 Å². The van der Waals surface area contributed by atoms with Crippen molar-refractivity contribution in [2.45, 2.75) is 24.0 Å². The van der Waals surface area contributed by atoms with Crippen molar-refractivity contribution in [3.8, 4) is 0 Å². The fraction of sp³-hybridized carbons (Fsp3) is 0.200. The topological polar surface area (TPSA) is 71.5 Å². The van der Waals surface area contributed by atoms with Gasteiger partial charge in [0.2, 0.25) is 0 Å². The van der Waals surface area contributed by atoms with Crippen molar-refractivity contribution in [2.75, 3.05) is 0 Å². The standard InChI is InChI=1S/C10H9ClN4OS/c1-5-6(2)14-9(8(11)13-5)17-10-12-4-3-7(16)15-10/h3-4H,1-2H3,(H,12,15,16). The van der Waals surface area contributed by atoms with E-state index in [-0.39, 0.29) is 5.56 Å². The molecule has 0 saturated heterocycles. The first-order valence-corrected chi connectivity index (χ1v) is 5.99. The lowest BCUT2D eigenvalue weighted by atomic mass is 10.4. The zero-order chi connectivity index (χ0) is 12.4. The van der Waals surface area contributed by atoms with Crippen LogP contribution in [0.25, 0.3) is 0 Å². The van der Waals surface area contributed by atoms with E-state index in [9.17, 15) is 4.79 Å². The van der Waals surface area contributed by atoms with Gasteiger partial charge >= 0.3 is 0 Å². The van der Waals surface area contributed by atoms with Crippen LogP contribution in [0.1, 0.15) is 11.4 Å². The summed E-state index contributed by atoms with van der Waals surface area (Å²) in [6, 6.07) is 1.34. The lowest BCUT2D eigenvalue weighted by Crippen LogP contribution is -2.05. The van der Waals surface area contributed by atoms with E-state index in [1.807, 2.05) is 13.8 Å². The summed E-state index contributed by atoms with van der Waals surface area (Å²) in [5.74, 6) is 0. The van der Waals surface area contributed by atoms with Crippen LogP contribution in [0.2, 0.25) is 5.15 Å². The molecule has 0 aliphatic rings. The highest BCUT2D eigenvalue weighted by Gasteiger charge is 2.09. The number of hydrogen-bond donors (Lipinski definition) is 1. The Bertz CT molecular complexity index is 613. The highest BCUT2D eigenvalue weighted by atomic mass is 35.5. The van der Waals surface area contributed by atoms with Gasteiger partial charge in [-0.05, 0) is 25.6 Å². The molecule has 0 aromatic carbocycles. The minimum atomic E-state index is -0.213. The van der Waals surface area contributed by atoms with E-state index in [0.29, 0.717) is 15.3 Å². The maximum atomic E-state index is 11.1. The number of nitrogens with zero attached hydrogens (tertiary/aromatic N) is 3. The molecule has 2 aromatic rings. The largest absolute Gasteiger partial charge is 0.301 e. The molecule has 2 aromatic heterocycles. The third-order valence-corrected chi connectivity index (χ3v) is 3.33. The van der Waals surface area contributed by atoms with E-state index in [1.165, 1.54) is 24.0 Å². The Labute approximate surface area is 107 Å². The Morgan fingerprint density at radius 3 is 2.71 bits per heavy atom. The van der Waals surface area contributed by atoms with Gasteiger partial charge in [0.25, 0.3) is 5.56 Å². The van der Waals surface area contributed by atoms with E-state index < -0.39 is 0 Å². The monoisotopic (exact) mass is 268 g/mol. The van der Waals surface area contributed by atoms with Crippen LogP contribution in [-0.4, -0.2) is 19.9 Å². The number of aromatic nitrogens is 4. The van der Waals surface area contributed by atoms with Gasteiger partial charge in [0.1, 0.15) is 5.03 Å². The Morgan fingerprint density at radius 2 is 2.00 bits per heavy atom. The summed E-state index contributed by atoms with van der Waals surface area (Å²) in [7, 11) is 0. The highest BCUT2D eigenvalue weighted by molar-refractivity contribution is 7.99. The number of aromatic amines is 1. The maximum Gasteiger partial charge on any atom is 0.251 e. The fourth-order valence-electron chi connectivity index (χ4n) is 1.12. The Morgan fingerprint density at radius 1 is 1.29 bits per heavy atom. The molecule has 2 heterocycles. The van der Waals surface area contributed by atoms with Gasteiger partial charge in [-0.15, -0.1) is 0 Å². The van der Waals surface area contributed by atoms with Gasteiger partial charge in [-0.1, -0.05) is 11.6 Å². The van der Waals surface area contributed by atoms with E-state index in [0.717, 1.165) is 11.4 Å². The second kappa shape index (κ2) is 4.85. The quantitative estimate of drug-likeness (QED) is 0.844. The molecule has 5 nitrogen and oxygen atoms in total. The predicted octanol–water partition coefficient (Wildman–Crippen LogP) is 1.98. The molecule has 0 aliphatic carbocycles. The number of rotatable bonds is 2. The summed E-state index contributed by atoms with van der Waals surface area (Å²) >= 11 is 7.16. The number of H-pyrrole nitrogens is 1. The van der Waals surface area contributed by atoms with E-state index in [2.05, 4.69) is 19.9 Å².